The largest absolute Gasteiger partial charge is 0.493 e. The molecule has 11 heteroatoms. The lowest BCUT2D eigenvalue weighted by Crippen LogP contribution is -2.38. The number of nitrogens with one attached hydrogen (secondary N) is 2. The van der Waals surface area contributed by atoms with Crippen LogP contribution in [0.4, 0.5) is 5.82 Å². The van der Waals surface area contributed by atoms with E-state index in [0.717, 1.165) is 88.5 Å². The molecule has 0 bridgehead atoms. The summed E-state index contributed by atoms with van der Waals surface area (Å²) in [4.78, 5) is 18.7. The summed E-state index contributed by atoms with van der Waals surface area (Å²) in [7, 11) is 1.64. The molecule has 0 unspecified atom stereocenters. The average molecular weight is 514 g/mol. The van der Waals surface area contributed by atoms with Crippen LogP contribution in [0.2, 0.25) is 0 Å². The van der Waals surface area contributed by atoms with Gasteiger partial charge in [0, 0.05) is 51.3 Å². The molecule has 202 valence electrons. The molecule has 1 aliphatic rings. The number of anilines is 1. The Morgan fingerprint density at radius 2 is 1.92 bits per heavy atom. The Kier molecular flexibility index (Phi) is 9.72. The van der Waals surface area contributed by atoms with Gasteiger partial charge in [-0.1, -0.05) is 6.92 Å². The molecule has 1 amide bonds. The second-order valence-electron chi connectivity index (χ2n) is 9.25. The molecule has 0 saturated carbocycles. The smallest absolute Gasteiger partial charge is 0.219 e. The topological polar surface area (TPSA) is 115 Å². The third kappa shape index (κ3) is 6.98. The van der Waals surface area contributed by atoms with Gasteiger partial charge in [-0.2, -0.15) is 0 Å². The highest BCUT2D eigenvalue weighted by atomic mass is 16.5. The zero-order chi connectivity index (χ0) is 26.0. The van der Waals surface area contributed by atoms with Crippen LogP contribution in [0.15, 0.2) is 12.1 Å². The van der Waals surface area contributed by atoms with Crippen LogP contribution in [0, 0.1) is 6.92 Å². The molecule has 3 heterocycles. The highest BCUT2D eigenvalue weighted by Crippen LogP contribution is 2.33. The van der Waals surface area contributed by atoms with Gasteiger partial charge in [-0.15, -0.1) is 10.2 Å². The zero-order valence-electron chi connectivity index (χ0n) is 22.2. The van der Waals surface area contributed by atoms with Crippen molar-refractivity contribution < 1.29 is 19.0 Å². The van der Waals surface area contributed by atoms with Crippen molar-refractivity contribution >= 4 is 28.4 Å². The third-order valence-electron chi connectivity index (χ3n) is 6.48. The fourth-order valence-electron chi connectivity index (χ4n) is 4.46. The van der Waals surface area contributed by atoms with E-state index in [-0.39, 0.29) is 5.91 Å². The normalized spacial score (nSPS) is 14.2. The molecular formula is C26H39N7O4. The summed E-state index contributed by atoms with van der Waals surface area (Å²) in [5.74, 6) is 2.91. The van der Waals surface area contributed by atoms with Crippen molar-refractivity contribution in [2.45, 2.75) is 46.0 Å². The van der Waals surface area contributed by atoms with E-state index in [0.29, 0.717) is 36.0 Å². The Hall–Kier alpha value is -3.18. The zero-order valence-corrected chi connectivity index (χ0v) is 22.2. The van der Waals surface area contributed by atoms with Crippen LogP contribution < -0.4 is 20.1 Å². The SMILES string of the molecule is CCCC(=O)NCCCCCNc1nc2cc(OC)c(OCCN3CCOCC3)cc2n2c(C)nnc12. The van der Waals surface area contributed by atoms with Crippen LogP contribution in [0.3, 0.4) is 0 Å². The number of methoxy groups -OCH3 is 1. The lowest BCUT2D eigenvalue weighted by atomic mass is 10.2. The van der Waals surface area contributed by atoms with Crippen LogP contribution in [0.5, 0.6) is 11.5 Å². The average Bonchev–Trinajstić information content (AvgIpc) is 3.30. The van der Waals surface area contributed by atoms with Crippen LogP contribution in [-0.2, 0) is 9.53 Å². The molecule has 1 saturated heterocycles. The van der Waals surface area contributed by atoms with Crippen molar-refractivity contribution in [3.63, 3.8) is 0 Å². The predicted molar refractivity (Wildman–Crippen MR) is 143 cm³/mol. The van der Waals surface area contributed by atoms with E-state index in [1.165, 1.54) is 0 Å². The standard InChI is InChI=1S/C26H39N7O4/c1-4-8-24(34)27-9-6-5-7-10-28-25-26-31-30-19(2)33(26)21-18-23(22(35-3)17-20(21)29-25)37-16-13-32-11-14-36-15-12-32/h17-18H,4-16H2,1-3H3,(H,27,34)(H,28,29). The third-order valence-corrected chi connectivity index (χ3v) is 6.48. The van der Waals surface area contributed by atoms with Gasteiger partial charge < -0.3 is 24.8 Å². The van der Waals surface area contributed by atoms with E-state index >= 15 is 0 Å². The monoisotopic (exact) mass is 513 g/mol. The number of carbonyl (C=O) groups excluding carboxylic acids is 1. The van der Waals surface area contributed by atoms with Gasteiger partial charge in [-0.25, -0.2) is 4.98 Å². The first-order valence-electron chi connectivity index (χ1n) is 13.3. The molecule has 1 aromatic carbocycles. The molecule has 0 aliphatic carbocycles. The van der Waals surface area contributed by atoms with Gasteiger partial charge in [0.05, 0.1) is 31.4 Å². The lowest BCUT2D eigenvalue weighted by Gasteiger charge is -2.26. The first-order chi connectivity index (χ1) is 18.1. The van der Waals surface area contributed by atoms with Crippen LogP contribution >= 0.6 is 0 Å². The Morgan fingerprint density at radius 3 is 2.70 bits per heavy atom. The minimum atomic E-state index is 0.131. The maximum Gasteiger partial charge on any atom is 0.219 e. The van der Waals surface area contributed by atoms with Gasteiger partial charge in [0.2, 0.25) is 11.6 Å². The number of ether oxygens (including phenoxy) is 3. The van der Waals surface area contributed by atoms with Crippen LogP contribution in [-0.4, -0.2) is 90.0 Å². The van der Waals surface area contributed by atoms with Crippen LogP contribution in [0.1, 0.15) is 44.9 Å². The number of hydrogen-bond acceptors (Lipinski definition) is 9. The molecule has 0 atom stereocenters. The van der Waals surface area contributed by atoms with Crippen molar-refractivity contribution in [2.24, 2.45) is 0 Å². The van der Waals surface area contributed by atoms with E-state index in [2.05, 4.69) is 25.7 Å². The molecule has 2 N–H and O–H groups in total. The van der Waals surface area contributed by atoms with E-state index in [1.807, 2.05) is 30.4 Å². The second kappa shape index (κ2) is 13.4. The fraction of sp³-hybridized carbons (Fsp3) is 0.615. The van der Waals surface area contributed by atoms with E-state index in [1.54, 1.807) is 7.11 Å². The fourth-order valence-corrected chi connectivity index (χ4v) is 4.46. The number of amides is 1. The predicted octanol–water partition coefficient (Wildman–Crippen LogP) is 2.80. The molecular weight excluding hydrogens is 474 g/mol. The first-order valence-corrected chi connectivity index (χ1v) is 13.3. The molecule has 4 rings (SSSR count). The number of benzene rings is 1. The Morgan fingerprint density at radius 1 is 1.11 bits per heavy atom. The van der Waals surface area contributed by atoms with Crippen molar-refractivity contribution in [3.8, 4) is 11.5 Å². The summed E-state index contributed by atoms with van der Waals surface area (Å²) < 4.78 is 19.2. The maximum atomic E-state index is 11.6. The summed E-state index contributed by atoms with van der Waals surface area (Å²) in [6, 6.07) is 3.86. The summed E-state index contributed by atoms with van der Waals surface area (Å²) in [5.41, 5.74) is 2.32. The summed E-state index contributed by atoms with van der Waals surface area (Å²) in [6.45, 7) is 10.2. The molecule has 0 radical (unpaired) electrons. The lowest BCUT2D eigenvalue weighted by molar-refractivity contribution is -0.121. The van der Waals surface area contributed by atoms with Crippen molar-refractivity contribution in [1.29, 1.82) is 0 Å². The minimum absolute atomic E-state index is 0.131. The molecule has 0 spiro atoms. The molecule has 37 heavy (non-hydrogen) atoms. The van der Waals surface area contributed by atoms with Gasteiger partial charge in [0.25, 0.3) is 0 Å². The van der Waals surface area contributed by atoms with Crippen molar-refractivity contribution in [3.05, 3.63) is 18.0 Å². The number of nitrogens with zero attached hydrogens (tertiary/aromatic N) is 5. The van der Waals surface area contributed by atoms with Gasteiger partial charge in [0.15, 0.2) is 17.3 Å². The van der Waals surface area contributed by atoms with Crippen molar-refractivity contribution in [2.75, 3.05) is 65.0 Å². The second-order valence-corrected chi connectivity index (χ2v) is 9.25. The molecule has 3 aromatic rings. The first kappa shape index (κ1) is 26.9. The number of unbranched alkanes of at least 4 members (excludes halogenated alkanes) is 2. The highest BCUT2D eigenvalue weighted by Gasteiger charge is 2.17. The van der Waals surface area contributed by atoms with E-state index in [9.17, 15) is 4.79 Å². The number of morpholine rings is 1. The number of aryl methyl sites for hydroxylation is 1. The Bertz CT molecular complexity index is 1180. The summed E-state index contributed by atoms with van der Waals surface area (Å²) in [6.07, 6.45) is 4.39. The van der Waals surface area contributed by atoms with Crippen LogP contribution in [0.25, 0.3) is 16.7 Å². The summed E-state index contributed by atoms with van der Waals surface area (Å²) >= 11 is 0. The Labute approximate surface area is 217 Å². The number of rotatable bonds is 14. The number of carbonyl (C=O) groups is 1. The summed E-state index contributed by atoms with van der Waals surface area (Å²) in [5, 5.41) is 15.1. The minimum Gasteiger partial charge on any atom is -0.493 e. The highest BCUT2D eigenvalue weighted by molar-refractivity contribution is 5.85. The van der Waals surface area contributed by atoms with Gasteiger partial charge >= 0.3 is 0 Å². The number of aromatic nitrogens is 4. The molecule has 1 fully saturated rings. The quantitative estimate of drug-likeness (QED) is 0.314. The van der Waals surface area contributed by atoms with Gasteiger partial charge in [0.1, 0.15) is 12.4 Å². The Balaban J connectivity index is 1.42. The number of hydrogen-bond donors (Lipinski definition) is 2. The maximum absolute atomic E-state index is 11.6. The van der Waals surface area contributed by atoms with E-state index in [4.69, 9.17) is 19.2 Å². The molecule has 11 nitrogen and oxygen atoms in total. The van der Waals surface area contributed by atoms with E-state index < -0.39 is 0 Å². The number of fused-ring (bicyclic) bond motifs is 3. The molecule has 1 aliphatic heterocycles. The van der Waals surface area contributed by atoms with Gasteiger partial charge in [-0.05, 0) is 32.6 Å². The van der Waals surface area contributed by atoms with Crippen molar-refractivity contribution in [1.82, 2.24) is 29.8 Å². The van der Waals surface area contributed by atoms with Gasteiger partial charge in [-0.3, -0.25) is 14.1 Å². The molecule has 2 aromatic heterocycles.